The number of halogens is 1. The molecule has 1 fully saturated rings. The molecular weight excluding hydrogens is 219 g/mol. The highest BCUT2D eigenvalue weighted by Gasteiger charge is 2.27. The van der Waals surface area contributed by atoms with E-state index in [1.54, 1.807) is 6.92 Å². The van der Waals surface area contributed by atoms with Gasteiger partial charge in [0.05, 0.1) is 6.67 Å². The van der Waals surface area contributed by atoms with E-state index in [9.17, 15) is 14.0 Å². The quantitative estimate of drug-likeness (QED) is 0.685. The topological polar surface area (TPSA) is 34.1 Å². The Kier molecular flexibility index (Phi) is 6.38. The summed E-state index contributed by atoms with van der Waals surface area (Å²) >= 11 is 0. The smallest absolute Gasteiger partial charge is 0.133 e. The molecule has 2 nitrogen and oxygen atoms in total. The van der Waals surface area contributed by atoms with Gasteiger partial charge in [-0.15, -0.1) is 0 Å². The second kappa shape index (κ2) is 7.57. The fourth-order valence-electron chi connectivity index (χ4n) is 2.85. The second-order valence-electron chi connectivity index (χ2n) is 5.25. The van der Waals surface area contributed by atoms with Gasteiger partial charge in [-0.25, -0.2) is 0 Å². The normalized spacial score (nSPS) is 24.6. The molecule has 2 atom stereocenters. The second-order valence-corrected chi connectivity index (χ2v) is 5.25. The van der Waals surface area contributed by atoms with Crippen LogP contribution in [0, 0.1) is 11.8 Å². The van der Waals surface area contributed by atoms with Gasteiger partial charge in [0.1, 0.15) is 11.6 Å². The average molecular weight is 242 g/mol. The molecule has 17 heavy (non-hydrogen) atoms. The SMILES string of the molecule is CC(=O)CC1CCCCC1CC(=O)CCCF. The molecule has 1 rings (SSSR count). The van der Waals surface area contributed by atoms with Crippen molar-refractivity contribution in [1.82, 2.24) is 0 Å². The zero-order chi connectivity index (χ0) is 12.7. The minimum atomic E-state index is -0.409. The predicted octanol–water partition coefficient (Wildman–Crippen LogP) is 3.48. The molecular formula is C14H23FO2. The van der Waals surface area contributed by atoms with Crippen molar-refractivity contribution in [3.63, 3.8) is 0 Å². The molecule has 0 heterocycles. The highest BCUT2D eigenvalue weighted by atomic mass is 19.1. The van der Waals surface area contributed by atoms with Crippen LogP contribution in [-0.4, -0.2) is 18.2 Å². The Morgan fingerprint density at radius 1 is 1.12 bits per heavy atom. The minimum Gasteiger partial charge on any atom is -0.300 e. The van der Waals surface area contributed by atoms with Crippen LogP contribution in [-0.2, 0) is 9.59 Å². The summed E-state index contributed by atoms with van der Waals surface area (Å²) in [6.45, 7) is 1.21. The van der Waals surface area contributed by atoms with Crippen molar-refractivity contribution < 1.29 is 14.0 Å². The van der Waals surface area contributed by atoms with Crippen molar-refractivity contribution >= 4 is 11.6 Å². The van der Waals surface area contributed by atoms with Crippen LogP contribution >= 0.6 is 0 Å². The molecule has 0 amide bonds. The van der Waals surface area contributed by atoms with Crippen LogP contribution < -0.4 is 0 Å². The summed E-state index contributed by atoms with van der Waals surface area (Å²) in [6.07, 6.45) is 6.34. The lowest BCUT2D eigenvalue weighted by Gasteiger charge is -2.30. The van der Waals surface area contributed by atoms with Crippen LogP contribution in [0.5, 0.6) is 0 Å². The van der Waals surface area contributed by atoms with Gasteiger partial charge in [0.2, 0.25) is 0 Å². The Bertz CT molecular complexity index is 263. The van der Waals surface area contributed by atoms with E-state index in [0.717, 1.165) is 19.3 Å². The molecule has 0 radical (unpaired) electrons. The number of carbonyl (C=O) groups excluding carboxylic acids is 2. The van der Waals surface area contributed by atoms with Gasteiger partial charge in [0.15, 0.2) is 0 Å². The van der Waals surface area contributed by atoms with Crippen molar-refractivity contribution in [2.24, 2.45) is 11.8 Å². The number of carbonyl (C=O) groups is 2. The highest BCUT2D eigenvalue weighted by Crippen LogP contribution is 2.35. The van der Waals surface area contributed by atoms with Crippen LogP contribution in [0.4, 0.5) is 4.39 Å². The molecule has 0 aromatic rings. The van der Waals surface area contributed by atoms with Crippen molar-refractivity contribution in [3.05, 3.63) is 0 Å². The minimum absolute atomic E-state index is 0.170. The van der Waals surface area contributed by atoms with E-state index in [-0.39, 0.29) is 11.6 Å². The fraction of sp³-hybridized carbons (Fsp3) is 0.857. The van der Waals surface area contributed by atoms with Crippen LogP contribution in [0.3, 0.4) is 0 Å². The summed E-state index contributed by atoms with van der Waals surface area (Å²) in [6, 6.07) is 0. The molecule has 0 aliphatic heterocycles. The molecule has 1 aliphatic rings. The highest BCUT2D eigenvalue weighted by molar-refractivity contribution is 5.79. The van der Waals surface area contributed by atoms with Gasteiger partial charge in [-0.2, -0.15) is 0 Å². The average Bonchev–Trinajstić information content (AvgIpc) is 2.28. The van der Waals surface area contributed by atoms with Gasteiger partial charge < -0.3 is 4.79 Å². The Morgan fingerprint density at radius 2 is 1.71 bits per heavy atom. The first kappa shape index (κ1) is 14.3. The van der Waals surface area contributed by atoms with E-state index in [0.29, 0.717) is 37.5 Å². The van der Waals surface area contributed by atoms with Gasteiger partial charge in [0, 0.05) is 19.3 Å². The molecule has 0 bridgehead atoms. The maximum Gasteiger partial charge on any atom is 0.133 e. The lowest BCUT2D eigenvalue weighted by molar-refractivity contribution is -0.122. The maximum absolute atomic E-state index is 12.0. The molecule has 3 heteroatoms. The van der Waals surface area contributed by atoms with E-state index in [4.69, 9.17) is 0 Å². The summed E-state index contributed by atoms with van der Waals surface area (Å²) in [5.74, 6) is 1.14. The molecule has 0 saturated heterocycles. The van der Waals surface area contributed by atoms with Gasteiger partial charge in [-0.1, -0.05) is 12.8 Å². The molecule has 0 N–H and O–H groups in total. The van der Waals surface area contributed by atoms with Crippen LogP contribution in [0.1, 0.15) is 58.3 Å². The van der Waals surface area contributed by atoms with E-state index in [1.807, 2.05) is 0 Å². The first-order valence-electron chi connectivity index (χ1n) is 6.70. The largest absolute Gasteiger partial charge is 0.300 e. The summed E-state index contributed by atoms with van der Waals surface area (Å²) in [5, 5.41) is 0. The number of ketones is 2. The maximum atomic E-state index is 12.0. The molecule has 0 aromatic carbocycles. The monoisotopic (exact) mass is 242 g/mol. The standard InChI is InChI=1S/C14H23FO2/c1-11(16)9-12-5-2-3-6-13(12)10-14(17)7-4-8-15/h12-13H,2-10H2,1H3. The van der Waals surface area contributed by atoms with E-state index < -0.39 is 6.67 Å². The number of hydrogen-bond donors (Lipinski definition) is 0. The van der Waals surface area contributed by atoms with E-state index in [1.165, 1.54) is 6.42 Å². The Morgan fingerprint density at radius 3 is 2.24 bits per heavy atom. The molecule has 0 spiro atoms. The summed E-state index contributed by atoms with van der Waals surface area (Å²) in [4.78, 5) is 22.8. The van der Waals surface area contributed by atoms with Crippen LogP contribution in [0.2, 0.25) is 0 Å². The van der Waals surface area contributed by atoms with Gasteiger partial charge in [-0.3, -0.25) is 9.18 Å². The Balaban J connectivity index is 2.41. The third-order valence-corrected chi connectivity index (χ3v) is 3.70. The lowest BCUT2D eigenvalue weighted by Crippen LogP contribution is -2.24. The molecule has 1 saturated carbocycles. The summed E-state index contributed by atoms with van der Waals surface area (Å²) in [7, 11) is 0. The molecule has 2 unspecified atom stereocenters. The zero-order valence-electron chi connectivity index (χ0n) is 10.7. The van der Waals surface area contributed by atoms with Crippen LogP contribution in [0.15, 0.2) is 0 Å². The summed E-state index contributed by atoms with van der Waals surface area (Å²) in [5.41, 5.74) is 0. The Hall–Kier alpha value is -0.730. The number of Topliss-reactive ketones (excluding diaryl/α,β-unsaturated/α-hetero) is 2. The lowest BCUT2D eigenvalue weighted by atomic mass is 9.74. The third kappa shape index (κ3) is 5.42. The van der Waals surface area contributed by atoms with Crippen molar-refractivity contribution in [1.29, 1.82) is 0 Å². The first-order chi connectivity index (χ1) is 8.13. The van der Waals surface area contributed by atoms with Crippen molar-refractivity contribution in [2.75, 3.05) is 6.67 Å². The number of hydrogen-bond acceptors (Lipinski definition) is 2. The number of alkyl halides is 1. The van der Waals surface area contributed by atoms with Crippen molar-refractivity contribution in [3.8, 4) is 0 Å². The van der Waals surface area contributed by atoms with E-state index in [2.05, 4.69) is 0 Å². The predicted molar refractivity (Wildman–Crippen MR) is 65.6 cm³/mol. The van der Waals surface area contributed by atoms with Crippen LogP contribution in [0.25, 0.3) is 0 Å². The van der Waals surface area contributed by atoms with Crippen molar-refractivity contribution in [2.45, 2.75) is 58.3 Å². The number of rotatable bonds is 7. The van der Waals surface area contributed by atoms with Gasteiger partial charge >= 0.3 is 0 Å². The summed E-state index contributed by atoms with van der Waals surface area (Å²) < 4.78 is 12.0. The zero-order valence-corrected chi connectivity index (χ0v) is 10.7. The molecule has 0 aromatic heterocycles. The van der Waals surface area contributed by atoms with Gasteiger partial charge in [-0.05, 0) is 38.0 Å². The Labute approximate surface area is 103 Å². The van der Waals surface area contributed by atoms with Gasteiger partial charge in [0.25, 0.3) is 0 Å². The molecule has 1 aliphatic carbocycles. The third-order valence-electron chi connectivity index (χ3n) is 3.70. The molecule has 98 valence electrons. The fourth-order valence-corrected chi connectivity index (χ4v) is 2.85. The first-order valence-corrected chi connectivity index (χ1v) is 6.70. The van der Waals surface area contributed by atoms with E-state index >= 15 is 0 Å².